The van der Waals surface area contributed by atoms with E-state index in [-0.39, 0.29) is 12.2 Å². The highest BCUT2D eigenvalue weighted by atomic mass is 35.5. The minimum Gasteiger partial charge on any atom is -0.457 e. The summed E-state index contributed by atoms with van der Waals surface area (Å²) in [7, 11) is 1.76. The van der Waals surface area contributed by atoms with Gasteiger partial charge in [-0.2, -0.15) is 0 Å². The summed E-state index contributed by atoms with van der Waals surface area (Å²) in [6, 6.07) is 0. The highest BCUT2D eigenvalue weighted by molar-refractivity contribution is 6.52. The second-order valence-corrected chi connectivity index (χ2v) is 4.40. The van der Waals surface area contributed by atoms with Crippen molar-refractivity contribution in [2.24, 2.45) is 0 Å². The van der Waals surface area contributed by atoms with Gasteiger partial charge in [0.25, 0.3) is 0 Å². The SMILES string of the molecule is CNCC(COC(C)C)OC(=O)C(Cl)Cl. The first-order valence-electron chi connectivity index (χ1n) is 4.72. The van der Waals surface area contributed by atoms with Crippen LogP contribution in [0.1, 0.15) is 13.8 Å². The van der Waals surface area contributed by atoms with Gasteiger partial charge in [-0.25, -0.2) is 4.79 Å². The van der Waals surface area contributed by atoms with E-state index in [0.717, 1.165) is 0 Å². The maximum atomic E-state index is 11.1. The number of esters is 1. The Hall–Kier alpha value is -0.0300. The lowest BCUT2D eigenvalue weighted by molar-refractivity contribution is -0.150. The lowest BCUT2D eigenvalue weighted by Crippen LogP contribution is -2.35. The Bertz CT molecular complexity index is 188. The summed E-state index contributed by atoms with van der Waals surface area (Å²) >= 11 is 10.7. The predicted molar refractivity (Wildman–Crippen MR) is 60.4 cm³/mol. The molecule has 0 rings (SSSR count). The third kappa shape index (κ3) is 7.85. The standard InChI is InChI=1S/C9H17Cl2NO3/c1-6(2)14-5-7(4-12-3)15-9(13)8(10)11/h6-8,12H,4-5H2,1-3H3. The fraction of sp³-hybridized carbons (Fsp3) is 0.889. The number of alkyl halides is 2. The van der Waals surface area contributed by atoms with Gasteiger partial charge < -0.3 is 14.8 Å². The second-order valence-electron chi connectivity index (χ2n) is 3.30. The van der Waals surface area contributed by atoms with E-state index in [1.807, 2.05) is 13.8 Å². The lowest BCUT2D eigenvalue weighted by atomic mass is 10.3. The molecule has 0 aromatic heterocycles. The number of carbonyl (C=O) groups is 1. The summed E-state index contributed by atoms with van der Waals surface area (Å²) in [6.07, 6.45) is -0.282. The molecule has 0 aliphatic heterocycles. The number of rotatable bonds is 7. The van der Waals surface area contributed by atoms with Crippen LogP contribution in [0.3, 0.4) is 0 Å². The molecular weight excluding hydrogens is 241 g/mol. The van der Waals surface area contributed by atoms with Crippen LogP contribution in [-0.2, 0) is 14.3 Å². The van der Waals surface area contributed by atoms with Crippen molar-refractivity contribution in [1.29, 1.82) is 0 Å². The molecule has 1 atom stereocenters. The van der Waals surface area contributed by atoms with Crippen LogP contribution in [0, 0.1) is 0 Å². The minimum atomic E-state index is -1.15. The molecule has 0 aliphatic carbocycles. The molecule has 0 fully saturated rings. The third-order valence-electron chi connectivity index (χ3n) is 1.51. The Morgan fingerprint density at radius 1 is 1.40 bits per heavy atom. The zero-order valence-corrected chi connectivity index (χ0v) is 10.6. The molecule has 0 bridgehead atoms. The van der Waals surface area contributed by atoms with Gasteiger partial charge in [-0.3, -0.25) is 0 Å². The van der Waals surface area contributed by atoms with Crippen LogP contribution >= 0.6 is 23.2 Å². The van der Waals surface area contributed by atoms with Crippen LogP contribution in [0.4, 0.5) is 0 Å². The fourth-order valence-electron chi connectivity index (χ4n) is 0.878. The van der Waals surface area contributed by atoms with Crippen molar-refractivity contribution in [1.82, 2.24) is 5.32 Å². The molecule has 0 saturated carbocycles. The molecule has 6 heteroatoms. The van der Waals surface area contributed by atoms with Gasteiger partial charge in [0.2, 0.25) is 4.84 Å². The van der Waals surface area contributed by atoms with Crippen LogP contribution < -0.4 is 5.32 Å². The fourth-order valence-corrected chi connectivity index (χ4v) is 0.981. The van der Waals surface area contributed by atoms with Crippen LogP contribution in [-0.4, -0.2) is 43.2 Å². The number of halogens is 2. The van der Waals surface area contributed by atoms with E-state index >= 15 is 0 Å². The number of carbonyl (C=O) groups excluding carboxylic acids is 1. The molecule has 1 N–H and O–H groups in total. The van der Waals surface area contributed by atoms with Gasteiger partial charge in [-0.15, -0.1) is 0 Å². The quantitative estimate of drug-likeness (QED) is 0.553. The van der Waals surface area contributed by atoms with Crippen molar-refractivity contribution >= 4 is 29.2 Å². The molecule has 0 aromatic carbocycles. The van der Waals surface area contributed by atoms with Crippen molar-refractivity contribution in [2.75, 3.05) is 20.2 Å². The topological polar surface area (TPSA) is 47.6 Å². The number of ether oxygens (including phenoxy) is 2. The zero-order valence-electron chi connectivity index (χ0n) is 9.13. The highest BCUT2D eigenvalue weighted by Crippen LogP contribution is 2.06. The van der Waals surface area contributed by atoms with Crippen LogP contribution in [0.2, 0.25) is 0 Å². The average molecular weight is 258 g/mol. The minimum absolute atomic E-state index is 0.0888. The first-order chi connectivity index (χ1) is 6.97. The molecule has 90 valence electrons. The highest BCUT2D eigenvalue weighted by Gasteiger charge is 2.19. The second kappa shape index (κ2) is 8.16. The van der Waals surface area contributed by atoms with Crippen molar-refractivity contribution in [3.8, 4) is 0 Å². The smallest absolute Gasteiger partial charge is 0.339 e. The predicted octanol–water partition coefficient (Wildman–Crippen LogP) is 1.35. The van der Waals surface area contributed by atoms with E-state index in [2.05, 4.69) is 5.32 Å². The van der Waals surface area contributed by atoms with Gasteiger partial charge >= 0.3 is 5.97 Å². The molecule has 0 aliphatic rings. The summed E-state index contributed by atoms with van der Waals surface area (Å²) in [4.78, 5) is 9.95. The molecule has 1 unspecified atom stereocenters. The van der Waals surface area contributed by atoms with Crippen LogP contribution in [0.15, 0.2) is 0 Å². The lowest BCUT2D eigenvalue weighted by Gasteiger charge is -2.19. The zero-order chi connectivity index (χ0) is 11.8. The Morgan fingerprint density at radius 2 is 2.00 bits per heavy atom. The molecule has 0 aromatic rings. The number of hydrogen-bond donors (Lipinski definition) is 1. The molecule has 0 saturated heterocycles. The third-order valence-corrected chi connectivity index (χ3v) is 1.86. The number of likely N-dealkylation sites (N-methyl/N-ethyl adjacent to an activating group) is 1. The van der Waals surface area contributed by atoms with E-state index in [0.29, 0.717) is 13.2 Å². The van der Waals surface area contributed by atoms with E-state index in [4.69, 9.17) is 32.7 Å². The molecule has 0 radical (unpaired) electrons. The summed E-state index contributed by atoms with van der Waals surface area (Å²) in [5, 5.41) is 2.89. The first kappa shape index (κ1) is 15.0. The van der Waals surface area contributed by atoms with Gasteiger partial charge in [-0.05, 0) is 20.9 Å². The van der Waals surface area contributed by atoms with Crippen molar-refractivity contribution < 1.29 is 14.3 Å². The molecule has 0 amide bonds. The van der Waals surface area contributed by atoms with Gasteiger partial charge in [0.15, 0.2) is 0 Å². The summed E-state index contributed by atoms with van der Waals surface area (Å²) in [5.74, 6) is -0.647. The van der Waals surface area contributed by atoms with Gasteiger partial charge in [0.1, 0.15) is 6.10 Å². The maximum Gasteiger partial charge on any atom is 0.339 e. The van der Waals surface area contributed by atoms with Crippen LogP contribution in [0.5, 0.6) is 0 Å². The Morgan fingerprint density at radius 3 is 2.40 bits per heavy atom. The van der Waals surface area contributed by atoms with E-state index in [1.165, 1.54) is 0 Å². The number of hydrogen-bond acceptors (Lipinski definition) is 4. The Labute approximate surface area is 100 Å². The normalized spacial score (nSPS) is 13.3. The van der Waals surface area contributed by atoms with Crippen molar-refractivity contribution in [3.05, 3.63) is 0 Å². The largest absolute Gasteiger partial charge is 0.457 e. The van der Waals surface area contributed by atoms with E-state index in [9.17, 15) is 4.79 Å². The molecule has 15 heavy (non-hydrogen) atoms. The molecule has 0 heterocycles. The summed E-state index contributed by atoms with van der Waals surface area (Å²) in [5.41, 5.74) is 0. The summed E-state index contributed by atoms with van der Waals surface area (Å²) in [6.45, 7) is 4.64. The van der Waals surface area contributed by atoms with Gasteiger partial charge in [-0.1, -0.05) is 23.2 Å². The van der Waals surface area contributed by atoms with Crippen LogP contribution in [0.25, 0.3) is 0 Å². The average Bonchev–Trinajstić information content (AvgIpc) is 2.14. The summed E-state index contributed by atoms with van der Waals surface area (Å²) < 4.78 is 10.3. The Balaban J connectivity index is 3.97. The maximum absolute atomic E-state index is 11.1. The van der Waals surface area contributed by atoms with Gasteiger partial charge in [0.05, 0.1) is 12.7 Å². The molecule has 4 nitrogen and oxygen atoms in total. The van der Waals surface area contributed by atoms with Crippen molar-refractivity contribution in [2.45, 2.75) is 30.9 Å². The van der Waals surface area contributed by atoms with Gasteiger partial charge in [0, 0.05) is 6.54 Å². The molecular formula is C9H17Cl2NO3. The molecule has 0 spiro atoms. The number of nitrogens with one attached hydrogen (secondary N) is 1. The monoisotopic (exact) mass is 257 g/mol. The van der Waals surface area contributed by atoms with E-state index < -0.39 is 10.8 Å². The van der Waals surface area contributed by atoms with Crippen molar-refractivity contribution in [3.63, 3.8) is 0 Å². The Kier molecular flexibility index (Phi) is 8.14. The first-order valence-corrected chi connectivity index (χ1v) is 5.59. The van der Waals surface area contributed by atoms with E-state index in [1.54, 1.807) is 7.05 Å².